The second-order valence-electron chi connectivity index (χ2n) is 4.49. The highest BCUT2D eigenvalue weighted by Gasteiger charge is 1.92. The molecule has 0 unspecified atom stereocenters. The van der Waals surface area contributed by atoms with Crippen LogP contribution in [0.2, 0.25) is 0 Å². The van der Waals surface area contributed by atoms with Crippen LogP contribution in [0.15, 0.2) is 24.3 Å². The molecule has 0 amide bonds. The molecule has 1 N–H and O–H groups in total. The minimum atomic E-state index is 0.625. The van der Waals surface area contributed by atoms with Gasteiger partial charge >= 0.3 is 0 Å². The van der Waals surface area contributed by atoms with Gasteiger partial charge in [0.25, 0.3) is 0 Å². The molecule has 0 atom stereocenters. The fraction of sp³-hybridized carbons (Fsp3) is 0.467. The molecule has 0 saturated carbocycles. The molecule has 1 heteroatoms. The molecule has 0 heterocycles. The highest BCUT2D eigenvalue weighted by molar-refractivity contribution is 5.33. The zero-order valence-electron chi connectivity index (χ0n) is 11.0. The van der Waals surface area contributed by atoms with Gasteiger partial charge < -0.3 is 5.32 Å². The standard InChI is InChI=1S/C9H8.C6H15N/c1-3-9-6-4-8(2)5-7-9;1-5(2)7-6(3)4/h1,4-7H,2H3;5-7H,1-4H3. The maximum absolute atomic E-state index is 5.15. The Bertz CT molecular complexity index is 308. The molecule has 1 rings (SSSR count). The van der Waals surface area contributed by atoms with Crippen LogP contribution in [0.5, 0.6) is 0 Å². The first-order valence-electron chi connectivity index (χ1n) is 5.75. The van der Waals surface area contributed by atoms with Crippen LogP contribution in [-0.4, -0.2) is 12.1 Å². The summed E-state index contributed by atoms with van der Waals surface area (Å²) in [4.78, 5) is 0. The summed E-state index contributed by atoms with van der Waals surface area (Å²) in [5, 5.41) is 3.31. The van der Waals surface area contributed by atoms with Crippen LogP contribution in [0.3, 0.4) is 0 Å². The molecule has 1 nitrogen and oxygen atoms in total. The van der Waals surface area contributed by atoms with Gasteiger partial charge in [0, 0.05) is 17.6 Å². The molecule has 1 aromatic carbocycles. The second-order valence-corrected chi connectivity index (χ2v) is 4.49. The van der Waals surface area contributed by atoms with Crippen LogP contribution in [0, 0.1) is 19.3 Å². The lowest BCUT2D eigenvalue weighted by Crippen LogP contribution is -2.29. The summed E-state index contributed by atoms with van der Waals surface area (Å²) < 4.78 is 0. The Morgan fingerprint density at radius 2 is 1.44 bits per heavy atom. The van der Waals surface area contributed by atoms with Crippen molar-refractivity contribution in [1.29, 1.82) is 0 Å². The predicted molar refractivity (Wildman–Crippen MR) is 72.5 cm³/mol. The molecule has 0 bridgehead atoms. The average Bonchev–Trinajstić information content (AvgIpc) is 2.17. The van der Waals surface area contributed by atoms with Crippen molar-refractivity contribution in [3.8, 4) is 12.3 Å². The van der Waals surface area contributed by atoms with E-state index < -0.39 is 0 Å². The maximum Gasteiger partial charge on any atom is 0.0242 e. The highest BCUT2D eigenvalue weighted by Crippen LogP contribution is 1.99. The largest absolute Gasteiger partial charge is 0.312 e. The maximum atomic E-state index is 5.15. The summed E-state index contributed by atoms with van der Waals surface area (Å²) in [6.45, 7) is 10.7. The van der Waals surface area contributed by atoms with Crippen molar-refractivity contribution in [2.45, 2.75) is 46.7 Å². The van der Waals surface area contributed by atoms with E-state index in [9.17, 15) is 0 Å². The van der Waals surface area contributed by atoms with Gasteiger partial charge in [0.1, 0.15) is 0 Å². The van der Waals surface area contributed by atoms with Crippen LogP contribution in [-0.2, 0) is 0 Å². The number of nitrogens with one attached hydrogen (secondary N) is 1. The van der Waals surface area contributed by atoms with Crippen molar-refractivity contribution in [2.75, 3.05) is 0 Å². The second kappa shape index (κ2) is 7.96. The van der Waals surface area contributed by atoms with Gasteiger partial charge in [-0.2, -0.15) is 0 Å². The first kappa shape index (κ1) is 14.7. The van der Waals surface area contributed by atoms with Gasteiger partial charge in [-0.25, -0.2) is 0 Å². The van der Waals surface area contributed by atoms with Gasteiger partial charge in [0.15, 0.2) is 0 Å². The number of terminal acetylenes is 1. The van der Waals surface area contributed by atoms with Crippen LogP contribution in [0.1, 0.15) is 38.8 Å². The highest BCUT2D eigenvalue weighted by atomic mass is 14.9. The molecule has 88 valence electrons. The monoisotopic (exact) mass is 217 g/mol. The van der Waals surface area contributed by atoms with E-state index in [-0.39, 0.29) is 0 Å². The molecular weight excluding hydrogens is 194 g/mol. The van der Waals surface area contributed by atoms with Gasteiger partial charge in [-0.1, -0.05) is 51.3 Å². The summed E-state index contributed by atoms with van der Waals surface area (Å²) in [5.74, 6) is 2.55. The van der Waals surface area contributed by atoms with E-state index in [4.69, 9.17) is 6.42 Å². The Morgan fingerprint density at radius 1 is 1.00 bits per heavy atom. The van der Waals surface area contributed by atoms with Crippen molar-refractivity contribution < 1.29 is 0 Å². The third-order valence-electron chi connectivity index (χ3n) is 1.88. The van der Waals surface area contributed by atoms with Crippen molar-refractivity contribution in [1.82, 2.24) is 5.32 Å². The number of rotatable bonds is 2. The van der Waals surface area contributed by atoms with Crippen molar-refractivity contribution in [3.05, 3.63) is 35.4 Å². The van der Waals surface area contributed by atoms with Crippen molar-refractivity contribution >= 4 is 0 Å². The SMILES string of the molecule is C#Cc1ccc(C)cc1.CC(C)NC(C)C. The van der Waals surface area contributed by atoms with Gasteiger partial charge in [-0.15, -0.1) is 6.42 Å². The van der Waals surface area contributed by atoms with E-state index in [1.54, 1.807) is 0 Å². The molecule has 0 aliphatic carbocycles. The molecule has 0 saturated heterocycles. The van der Waals surface area contributed by atoms with Crippen molar-refractivity contribution in [3.63, 3.8) is 0 Å². The van der Waals surface area contributed by atoms with Crippen molar-refractivity contribution in [2.24, 2.45) is 0 Å². The Labute approximate surface area is 100 Å². The Balaban J connectivity index is 0.000000293. The smallest absolute Gasteiger partial charge is 0.0242 e. The zero-order valence-corrected chi connectivity index (χ0v) is 11.0. The van der Waals surface area contributed by atoms with E-state index >= 15 is 0 Å². The Morgan fingerprint density at radius 3 is 1.69 bits per heavy atom. The summed E-state index contributed by atoms with van der Waals surface area (Å²) in [6, 6.07) is 9.15. The van der Waals surface area contributed by atoms with E-state index in [1.807, 2.05) is 31.2 Å². The number of benzene rings is 1. The third-order valence-corrected chi connectivity index (χ3v) is 1.88. The summed E-state index contributed by atoms with van der Waals surface area (Å²) >= 11 is 0. The molecule has 0 radical (unpaired) electrons. The molecule has 0 aliphatic rings. The minimum Gasteiger partial charge on any atom is -0.312 e. The van der Waals surface area contributed by atoms with Gasteiger partial charge in [0.2, 0.25) is 0 Å². The number of aryl methyl sites for hydroxylation is 1. The topological polar surface area (TPSA) is 12.0 Å². The van der Waals surface area contributed by atoms with Crippen LogP contribution in [0.25, 0.3) is 0 Å². The molecule has 1 aromatic rings. The van der Waals surface area contributed by atoms with E-state index in [1.165, 1.54) is 5.56 Å². The number of hydrogen-bond donors (Lipinski definition) is 1. The quantitative estimate of drug-likeness (QED) is 0.749. The lowest BCUT2D eigenvalue weighted by atomic mass is 10.2. The Kier molecular flexibility index (Phi) is 7.33. The van der Waals surface area contributed by atoms with Gasteiger partial charge in [0.05, 0.1) is 0 Å². The first-order valence-corrected chi connectivity index (χ1v) is 5.75. The van der Waals surface area contributed by atoms with Crippen LogP contribution < -0.4 is 5.32 Å². The normalized spacial score (nSPS) is 9.62. The van der Waals surface area contributed by atoms with Crippen LogP contribution in [0.4, 0.5) is 0 Å². The average molecular weight is 217 g/mol. The fourth-order valence-electron chi connectivity index (χ4n) is 1.32. The number of hydrogen-bond acceptors (Lipinski definition) is 1. The summed E-state index contributed by atoms with van der Waals surface area (Å²) in [5.41, 5.74) is 2.19. The lowest BCUT2D eigenvalue weighted by Gasteiger charge is -2.10. The predicted octanol–water partition coefficient (Wildman–Crippen LogP) is 3.37. The van der Waals surface area contributed by atoms with Gasteiger partial charge in [-0.05, 0) is 19.1 Å². The lowest BCUT2D eigenvalue weighted by molar-refractivity contribution is 0.518. The first-order chi connectivity index (χ1) is 7.45. The van der Waals surface area contributed by atoms with E-state index in [2.05, 4.69) is 38.9 Å². The fourth-order valence-corrected chi connectivity index (χ4v) is 1.32. The summed E-state index contributed by atoms with van der Waals surface area (Å²) in [6.07, 6.45) is 5.15. The van der Waals surface area contributed by atoms with E-state index in [0.29, 0.717) is 12.1 Å². The minimum absolute atomic E-state index is 0.625. The molecule has 16 heavy (non-hydrogen) atoms. The zero-order chi connectivity index (χ0) is 12.6. The molecule has 0 spiro atoms. The van der Waals surface area contributed by atoms with Crippen LogP contribution >= 0.6 is 0 Å². The molecule has 0 fully saturated rings. The summed E-state index contributed by atoms with van der Waals surface area (Å²) in [7, 11) is 0. The molecule has 0 aromatic heterocycles. The van der Waals surface area contributed by atoms with E-state index in [0.717, 1.165) is 5.56 Å². The molecular formula is C15H23N. The molecule has 0 aliphatic heterocycles. The Hall–Kier alpha value is -1.26. The third kappa shape index (κ3) is 8.08. The van der Waals surface area contributed by atoms with Gasteiger partial charge in [-0.3, -0.25) is 0 Å².